The Balaban J connectivity index is 1.58. The third kappa shape index (κ3) is 5.50. The van der Waals surface area contributed by atoms with Gasteiger partial charge < -0.3 is 4.74 Å². The van der Waals surface area contributed by atoms with Crippen molar-refractivity contribution in [3.8, 4) is 11.5 Å². The summed E-state index contributed by atoms with van der Waals surface area (Å²) in [6, 6.07) is 26.7. The highest BCUT2D eigenvalue weighted by molar-refractivity contribution is 6.48. The fraction of sp³-hybridized carbons (Fsp3) is 0.231. The summed E-state index contributed by atoms with van der Waals surface area (Å²) < 4.78 is 5.95. The first-order valence-electron chi connectivity index (χ1n) is 9.71. The Morgan fingerprint density at radius 1 is 0.893 bits per heavy atom. The summed E-state index contributed by atoms with van der Waals surface area (Å²) >= 11 is 5.98. The zero-order valence-corrected chi connectivity index (χ0v) is 17.4. The minimum absolute atomic E-state index is 0.115. The van der Waals surface area contributed by atoms with Gasteiger partial charge in [0, 0.05) is 5.03 Å². The van der Waals surface area contributed by atoms with Crippen molar-refractivity contribution in [1.29, 1.82) is 0 Å². The first kappa shape index (κ1) is 20.2. The fourth-order valence-corrected chi connectivity index (χ4v) is 3.50. The maximum absolute atomic E-state index is 5.98. The van der Waals surface area contributed by atoms with Gasteiger partial charge in [0.15, 0.2) is 0 Å². The SMILES string of the molecule is C=C(Cl)c1ccc(C(C)(C)CCCc2cccc(Oc3ccccc3)c2)cc1. The minimum atomic E-state index is 0.115. The summed E-state index contributed by atoms with van der Waals surface area (Å²) in [5.74, 6) is 1.75. The first-order chi connectivity index (χ1) is 13.4. The normalized spacial score (nSPS) is 11.2. The van der Waals surface area contributed by atoms with Crippen molar-refractivity contribution in [3.63, 3.8) is 0 Å². The van der Waals surface area contributed by atoms with E-state index in [0.717, 1.165) is 36.3 Å². The van der Waals surface area contributed by atoms with Gasteiger partial charge in [0.2, 0.25) is 0 Å². The quantitative estimate of drug-likeness (QED) is 0.378. The second kappa shape index (κ2) is 9.12. The van der Waals surface area contributed by atoms with Crippen LogP contribution in [-0.2, 0) is 11.8 Å². The molecule has 0 amide bonds. The molecule has 2 heteroatoms. The number of hydrogen-bond acceptors (Lipinski definition) is 1. The van der Waals surface area contributed by atoms with Crippen LogP contribution in [0.25, 0.3) is 5.03 Å². The monoisotopic (exact) mass is 390 g/mol. The largest absolute Gasteiger partial charge is 0.457 e. The van der Waals surface area contributed by atoms with E-state index in [-0.39, 0.29) is 5.41 Å². The van der Waals surface area contributed by atoms with Crippen molar-refractivity contribution in [2.75, 3.05) is 0 Å². The van der Waals surface area contributed by atoms with Crippen molar-refractivity contribution in [1.82, 2.24) is 0 Å². The van der Waals surface area contributed by atoms with Crippen molar-refractivity contribution < 1.29 is 4.74 Å². The number of para-hydroxylation sites is 1. The van der Waals surface area contributed by atoms with Crippen LogP contribution in [0.15, 0.2) is 85.4 Å². The number of ether oxygens (including phenoxy) is 1. The fourth-order valence-electron chi connectivity index (χ4n) is 3.37. The summed E-state index contributed by atoms with van der Waals surface area (Å²) in [6.07, 6.45) is 3.26. The van der Waals surface area contributed by atoms with E-state index >= 15 is 0 Å². The van der Waals surface area contributed by atoms with Crippen LogP contribution in [0.1, 0.15) is 43.4 Å². The van der Waals surface area contributed by atoms with Gasteiger partial charge in [0.25, 0.3) is 0 Å². The Kier molecular flexibility index (Phi) is 6.59. The number of rotatable bonds is 8. The summed E-state index contributed by atoms with van der Waals surface area (Å²) in [5.41, 5.74) is 3.73. The zero-order valence-electron chi connectivity index (χ0n) is 16.6. The maximum Gasteiger partial charge on any atom is 0.127 e. The molecule has 144 valence electrons. The highest BCUT2D eigenvalue weighted by atomic mass is 35.5. The number of halogens is 1. The molecule has 0 atom stereocenters. The van der Waals surface area contributed by atoms with Gasteiger partial charge in [0.1, 0.15) is 11.5 Å². The Morgan fingerprint density at radius 2 is 1.57 bits per heavy atom. The molecule has 0 saturated carbocycles. The van der Waals surface area contributed by atoms with Crippen molar-refractivity contribution >= 4 is 16.6 Å². The topological polar surface area (TPSA) is 9.23 Å². The Hall–Kier alpha value is -2.51. The summed E-state index contributed by atoms with van der Waals surface area (Å²) in [4.78, 5) is 0. The van der Waals surface area contributed by atoms with Crippen LogP contribution in [-0.4, -0.2) is 0 Å². The standard InChI is InChI=1S/C26H27ClO/c1-20(27)22-14-16-23(17-15-22)26(2,3)18-8-10-21-9-7-13-25(19-21)28-24-11-5-4-6-12-24/h4-7,9,11-17,19H,1,8,10,18H2,2-3H3. The molecule has 0 radical (unpaired) electrons. The molecular formula is C26H27ClO. The zero-order chi connectivity index (χ0) is 20.0. The molecule has 0 aliphatic carbocycles. The van der Waals surface area contributed by atoms with Crippen molar-refractivity contribution in [2.24, 2.45) is 0 Å². The van der Waals surface area contributed by atoms with E-state index in [1.54, 1.807) is 0 Å². The van der Waals surface area contributed by atoms with Gasteiger partial charge in [-0.25, -0.2) is 0 Å². The molecule has 3 aromatic rings. The predicted octanol–water partition coefficient (Wildman–Crippen LogP) is 7.99. The molecule has 28 heavy (non-hydrogen) atoms. The molecule has 0 unspecified atom stereocenters. The molecule has 0 heterocycles. The van der Waals surface area contributed by atoms with Crippen LogP contribution in [0, 0.1) is 0 Å². The number of benzene rings is 3. The van der Waals surface area contributed by atoms with Gasteiger partial charge in [-0.15, -0.1) is 0 Å². The molecule has 0 N–H and O–H groups in total. The van der Waals surface area contributed by atoms with E-state index < -0.39 is 0 Å². The average molecular weight is 391 g/mol. The van der Waals surface area contributed by atoms with Gasteiger partial charge in [-0.05, 0) is 65.6 Å². The van der Waals surface area contributed by atoms with Crippen LogP contribution in [0.4, 0.5) is 0 Å². The maximum atomic E-state index is 5.98. The summed E-state index contributed by atoms with van der Waals surface area (Å²) in [6.45, 7) is 8.39. The molecule has 0 aliphatic heterocycles. The highest BCUT2D eigenvalue weighted by Crippen LogP contribution is 2.31. The molecule has 0 spiro atoms. The molecule has 0 aliphatic rings. The second-order valence-electron chi connectivity index (χ2n) is 7.78. The van der Waals surface area contributed by atoms with Crippen LogP contribution in [0.3, 0.4) is 0 Å². The first-order valence-corrected chi connectivity index (χ1v) is 10.1. The molecule has 3 rings (SSSR count). The van der Waals surface area contributed by atoms with Crippen molar-refractivity contribution in [3.05, 3.63) is 102 Å². The van der Waals surface area contributed by atoms with Crippen LogP contribution in [0.2, 0.25) is 0 Å². The molecule has 0 bridgehead atoms. The van der Waals surface area contributed by atoms with Gasteiger partial charge >= 0.3 is 0 Å². The third-order valence-electron chi connectivity index (χ3n) is 5.12. The number of hydrogen-bond donors (Lipinski definition) is 0. The lowest BCUT2D eigenvalue weighted by molar-refractivity contribution is 0.460. The van der Waals surface area contributed by atoms with Gasteiger partial charge in [-0.2, -0.15) is 0 Å². The van der Waals surface area contributed by atoms with Crippen LogP contribution >= 0.6 is 11.6 Å². The molecule has 0 saturated heterocycles. The van der Waals surface area contributed by atoms with E-state index in [2.05, 4.69) is 62.9 Å². The van der Waals surface area contributed by atoms with E-state index in [1.165, 1.54) is 11.1 Å². The lowest BCUT2D eigenvalue weighted by Crippen LogP contribution is -2.17. The number of aryl methyl sites for hydroxylation is 1. The third-order valence-corrected chi connectivity index (χ3v) is 5.34. The molecule has 1 nitrogen and oxygen atoms in total. The molecule has 0 fully saturated rings. The Bertz CT molecular complexity index is 911. The Morgan fingerprint density at radius 3 is 2.25 bits per heavy atom. The molecular weight excluding hydrogens is 364 g/mol. The van der Waals surface area contributed by atoms with E-state index in [0.29, 0.717) is 5.03 Å². The second-order valence-corrected chi connectivity index (χ2v) is 8.24. The lowest BCUT2D eigenvalue weighted by atomic mass is 9.79. The lowest BCUT2D eigenvalue weighted by Gasteiger charge is -2.25. The predicted molar refractivity (Wildman–Crippen MR) is 120 cm³/mol. The van der Waals surface area contributed by atoms with Crippen molar-refractivity contribution in [2.45, 2.75) is 38.5 Å². The summed E-state index contributed by atoms with van der Waals surface area (Å²) in [5, 5.41) is 0.585. The van der Waals surface area contributed by atoms with Crippen LogP contribution in [0.5, 0.6) is 11.5 Å². The molecule has 0 aromatic heterocycles. The van der Waals surface area contributed by atoms with Gasteiger partial charge in [-0.1, -0.05) is 86.6 Å². The van der Waals surface area contributed by atoms with Gasteiger partial charge in [0.05, 0.1) is 0 Å². The van der Waals surface area contributed by atoms with E-state index in [4.69, 9.17) is 16.3 Å². The minimum Gasteiger partial charge on any atom is -0.457 e. The Labute approximate surface area is 173 Å². The highest BCUT2D eigenvalue weighted by Gasteiger charge is 2.20. The van der Waals surface area contributed by atoms with Gasteiger partial charge in [-0.3, -0.25) is 0 Å². The van der Waals surface area contributed by atoms with E-state index in [9.17, 15) is 0 Å². The smallest absolute Gasteiger partial charge is 0.127 e. The summed E-state index contributed by atoms with van der Waals surface area (Å²) in [7, 11) is 0. The molecule has 3 aromatic carbocycles. The van der Waals surface area contributed by atoms with Crippen LogP contribution < -0.4 is 4.74 Å². The van der Waals surface area contributed by atoms with E-state index in [1.807, 2.05) is 36.4 Å². The average Bonchev–Trinajstić information content (AvgIpc) is 2.69.